The molecule has 1 fully saturated rings. The molecule has 3 rings (SSSR count). The molecular formula is C20H24N2O3S. The van der Waals surface area contributed by atoms with Crippen LogP contribution in [0.25, 0.3) is 0 Å². The van der Waals surface area contributed by atoms with Crippen LogP contribution in [0.5, 0.6) is 0 Å². The van der Waals surface area contributed by atoms with E-state index in [1.54, 1.807) is 19.9 Å². The van der Waals surface area contributed by atoms with Gasteiger partial charge in [-0.25, -0.2) is 8.42 Å². The van der Waals surface area contributed by atoms with Crippen molar-refractivity contribution < 1.29 is 13.2 Å². The average Bonchev–Trinajstić information content (AvgIpc) is 2.53. The third-order valence-electron chi connectivity index (χ3n) is 4.70. The second-order valence-electron chi connectivity index (χ2n) is 6.95. The zero-order valence-electron chi connectivity index (χ0n) is 15.5. The summed E-state index contributed by atoms with van der Waals surface area (Å²) in [6, 6.07) is 10.3. The molecule has 0 radical (unpaired) electrons. The molecule has 1 aliphatic heterocycles. The molecule has 2 aromatic rings. The summed E-state index contributed by atoms with van der Waals surface area (Å²) in [6.07, 6.45) is 0. The predicted octanol–water partition coefficient (Wildman–Crippen LogP) is 2.78. The van der Waals surface area contributed by atoms with Gasteiger partial charge in [0, 0.05) is 13.1 Å². The van der Waals surface area contributed by atoms with E-state index in [1.165, 1.54) is 4.31 Å². The van der Waals surface area contributed by atoms with E-state index in [0.29, 0.717) is 28.1 Å². The van der Waals surface area contributed by atoms with E-state index in [9.17, 15) is 13.2 Å². The number of nitrogens with zero attached hydrogens (tertiary/aromatic N) is 1. The van der Waals surface area contributed by atoms with E-state index in [2.05, 4.69) is 5.32 Å². The summed E-state index contributed by atoms with van der Waals surface area (Å²) in [5, 5.41) is 2.80. The minimum absolute atomic E-state index is 0.249. The first-order chi connectivity index (χ1) is 12.2. The minimum atomic E-state index is -3.81. The molecular weight excluding hydrogens is 348 g/mol. The molecule has 2 aromatic carbocycles. The van der Waals surface area contributed by atoms with Gasteiger partial charge in [0.15, 0.2) is 0 Å². The Morgan fingerprint density at radius 2 is 1.65 bits per heavy atom. The number of piperazine rings is 1. The van der Waals surface area contributed by atoms with Crippen LogP contribution in [0.4, 0.5) is 0 Å². The van der Waals surface area contributed by atoms with E-state index in [0.717, 1.165) is 11.1 Å². The van der Waals surface area contributed by atoms with E-state index >= 15 is 0 Å². The van der Waals surface area contributed by atoms with Gasteiger partial charge in [-0.3, -0.25) is 4.79 Å². The Morgan fingerprint density at radius 1 is 1.00 bits per heavy atom. The highest BCUT2D eigenvalue weighted by Gasteiger charge is 2.40. The Bertz CT molecular complexity index is 944. The number of hydrogen-bond acceptors (Lipinski definition) is 3. The van der Waals surface area contributed by atoms with E-state index in [4.69, 9.17) is 0 Å². The number of carbonyl (C=O) groups is 1. The van der Waals surface area contributed by atoms with Crippen LogP contribution in [0.2, 0.25) is 0 Å². The van der Waals surface area contributed by atoms with Crippen LogP contribution < -0.4 is 5.32 Å². The zero-order chi connectivity index (χ0) is 19.1. The number of aryl methyl sites for hydroxylation is 4. The van der Waals surface area contributed by atoms with Gasteiger partial charge in [0.25, 0.3) is 0 Å². The molecule has 0 saturated carbocycles. The van der Waals surface area contributed by atoms with Crippen molar-refractivity contribution in [3.8, 4) is 0 Å². The molecule has 6 heteroatoms. The van der Waals surface area contributed by atoms with Gasteiger partial charge in [-0.05, 0) is 44.4 Å². The van der Waals surface area contributed by atoms with Crippen LogP contribution in [0.15, 0.2) is 41.3 Å². The summed E-state index contributed by atoms with van der Waals surface area (Å²) in [5.74, 6) is -0.284. The molecule has 0 aliphatic carbocycles. The number of rotatable bonds is 3. The Kier molecular flexibility index (Phi) is 4.90. The number of amides is 1. The van der Waals surface area contributed by atoms with Crippen molar-refractivity contribution in [1.82, 2.24) is 9.62 Å². The van der Waals surface area contributed by atoms with Gasteiger partial charge in [0.2, 0.25) is 15.9 Å². The molecule has 1 unspecified atom stereocenters. The fourth-order valence-corrected chi connectivity index (χ4v) is 5.75. The highest BCUT2D eigenvalue weighted by atomic mass is 32.2. The Hall–Kier alpha value is -2.18. The molecule has 26 heavy (non-hydrogen) atoms. The molecule has 1 saturated heterocycles. The van der Waals surface area contributed by atoms with Gasteiger partial charge in [-0.2, -0.15) is 4.31 Å². The van der Waals surface area contributed by atoms with Crippen molar-refractivity contribution in [2.45, 2.75) is 38.6 Å². The van der Waals surface area contributed by atoms with Crippen LogP contribution in [0.1, 0.15) is 33.9 Å². The topological polar surface area (TPSA) is 66.5 Å². The summed E-state index contributed by atoms with van der Waals surface area (Å²) >= 11 is 0. The van der Waals surface area contributed by atoms with Crippen molar-refractivity contribution >= 4 is 15.9 Å². The van der Waals surface area contributed by atoms with Gasteiger partial charge < -0.3 is 5.32 Å². The maximum absolute atomic E-state index is 13.5. The standard InChI is InChI=1S/C20H24N2O3S/c1-13-6-5-7-17(12-13)18-20(23)21-8-9-22(18)26(24,25)19-15(3)10-14(2)11-16(19)4/h5-7,10-12,18H,8-9H2,1-4H3,(H,21,23). The lowest BCUT2D eigenvalue weighted by atomic mass is 10.0. The first-order valence-electron chi connectivity index (χ1n) is 8.66. The summed E-state index contributed by atoms with van der Waals surface area (Å²) < 4.78 is 28.3. The second-order valence-corrected chi connectivity index (χ2v) is 8.78. The first kappa shape index (κ1) is 18.6. The van der Waals surface area contributed by atoms with Crippen molar-refractivity contribution in [3.63, 3.8) is 0 Å². The fraction of sp³-hybridized carbons (Fsp3) is 0.350. The third kappa shape index (κ3) is 3.27. The Balaban J connectivity index is 2.14. The van der Waals surface area contributed by atoms with E-state index in [1.807, 2.05) is 44.2 Å². The SMILES string of the molecule is Cc1cccc(C2C(=O)NCCN2S(=O)(=O)c2c(C)cc(C)cc2C)c1. The monoisotopic (exact) mass is 372 g/mol. The van der Waals surface area contributed by atoms with Gasteiger partial charge in [0.1, 0.15) is 6.04 Å². The highest BCUT2D eigenvalue weighted by molar-refractivity contribution is 7.89. The van der Waals surface area contributed by atoms with Gasteiger partial charge in [-0.1, -0.05) is 47.5 Å². The number of nitrogens with one attached hydrogen (secondary N) is 1. The molecule has 1 atom stereocenters. The molecule has 1 amide bonds. The highest BCUT2D eigenvalue weighted by Crippen LogP contribution is 2.33. The summed E-state index contributed by atoms with van der Waals surface area (Å²) in [7, 11) is -3.81. The molecule has 138 valence electrons. The maximum Gasteiger partial charge on any atom is 0.244 e. The van der Waals surface area contributed by atoms with Crippen molar-refractivity contribution in [1.29, 1.82) is 0 Å². The van der Waals surface area contributed by atoms with Gasteiger partial charge in [0.05, 0.1) is 4.90 Å². The van der Waals surface area contributed by atoms with Crippen molar-refractivity contribution in [3.05, 3.63) is 64.2 Å². The van der Waals surface area contributed by atoms with Crippen molar-refractivity contribution in [2.75, 3.05) is 13.1 Å². The van der Waals surface area contributed by atoms with Crippen LogP contribution in [0.3, 0.4) is 0 Å². The van der Waals surface area contributed by atoms with Crippen LogP contribution in [-0.4, -0.2) is 31.7 Å². The molecule has 5 nitrogen and oxygen atoms in total. The second kappa shape index (κ2) is 6.85. The fourth-order valence-electron chi connectivity index (χ4n) is 3.75. The zero-order valence-corrected chi connectivity index (χ0v) is 16.4. The number of hydrogen-bond donors (Lipinski definition) is 1. The predicted molar refractivity (Wildman–Crippen MR) is 101 cm³/mol. The lowest BCUT2D eigenvalue weighted by Crippen LogP contribution is -2.52. The lowest BCUT2D eigenvalue weighted by Gasteiger charge is -2.35. The Labute approximate surface area is 155 Å². The Morgan fingerprint density at radius 3 is 2.27 bits per heavy atom. The minimum Gasteiger partial charge on any atom is -0.353 e. The molecule has 0 aromatic heterocycles. The summed E-state index contributed by atoms with van der Waals surface area (Å²) in [4.78, 5) is 12.9. The molecule has 0 spiro atoms. The number of sulfonamides is 1. The molecule has 1 heterocycles. The molecule has 1 aliphatic rings. The van der Waals surface area contributed by atoms with Gasteiger partial charge in [-0.15, -0.1) is 0 Å². The third-order valence-corrected chi connectivity index (χ3v) is 6.87. The lowest BCUT2D eigenvalue weighted by molar-refractivity contribution is -0.126. The molecule has 0 bridgehead atoms. The summed E-state index contributed by atoms with van der Waals surface area (Å²) in [5.41, 5.74) is 4.10. The van der Waals surface area contributed by atoms with Crippen LogP contribution in [-0.2, 0) is 14.8 Å². The number of carbonyl (C=O) groups excluding carboxylic acids is 1. The first-order valence-corrected chi connectivity index (χ1v) is 10.1. The van der Waals surface area contributed by atoms with Crippen molar-refractivity contribution in [2.24, 2.45) is 0 Å². The normalized spacial score (nSPS) is 18.6. The average molecular weight is 372 g/mol. The quantitative estimate of drug-likeness (QED) is 0.901. The van der Waals surface area contributed by atoms with Crippen LogP contribution >= 0.6 is 0 Å². The number of benzene rings is 2. The van der Waals surface area contributed by atoms with Crippen LogP contribution in [0, 0.1) is 27.7 Å². The summed E-state index contributed by atoms with van der Waals surface area (Å²) in [6.45, 7) is 8.04. The molecule has 1 N–H and O–H groups in total. The van der Waals surface area contributed by atoms with Gasteiger partial charge >= 0.3 is 0 Å². The van der Waals surface area contributed by atoms with E-state index < -0.39 is 16.1 Å². The smallest absolute Gasteiger partial charge is 0.244 e. The maximum atomic E-state index is 13.5. The largest absolute Gasteiger partial charge is 0.353 e. The van der Waals surface area contributed by atoms with E-state index in [-0.39, 0.29) is 12.5 Å².